The lowest BCUT2D eigenvalue weighted by Gasteiger charge is -2.49. The topological polar surface area (TPSA) is 110 Å². The van der Waals surface area contributed by atoms with Gasteiger partial charge in [0.25, 0.3) is 5.91 Å². The molecule has 4 N–H and O–H groups in total. The molecule has 4 aliphatic rings. The van der Waals surface area contributed by atoms with Gasteiger partial charge >= 0.3 is 0 Å². The van der Waals surface area contributed by atoms with E-state index in [1.807, 2.05) is 0 Å². The molecule has 35 heavy (non-hydrogen) atoms. The number of rotatable bonds is 5. The van der Waals surface area contributed by atoms with Crippen molar-refractivity contribution >= 4 is 11.7 Å². The van der Waals surface area contributed by atoms with Crippen LogP contribution >= 0.6 is 0 Å². The molecule has 1 amide bonds. The molecule has 2 atom stereocenters. The summed E-state index contributed by atoms with van der Waals surface area (Å²) in [7, 11) is 0. The zero-order chi connectivity index (χ0) is 25.2. The van der Waals surface area contributed by atoms with Gasteiger partial charge in [0.2, 0.25) is 5.78 Å². The van der Waals surface area contributed by atoms with Gasteiger partial charge in [-0.3, -0.25) is 9.59 Å². The number of fused-ring (bicyclic) bond motifs is 3. The summed E-state index contributed by atoms with van der Waals surface area (Å²) < 4.78 is 27.1. The number of benzene rings is 1. The summed E-state index contributed by atoms with van der Waals surface area (Å²) in [5.41, 5.74) is 1.22. The van der Waals surface area contributed by atoms with Crippen molar-refractivity contribution in [1.82, 2.24) is 10.2 Å². The number of amides is 1. The Hall–Kier alpha value is -3.04. The number of hydrogen-bond donors (Lipinski definition) is 4. The highest BCUT2D eigenvalue weighted by Crippen LogP contribution is 2.65. The molecule has 0 radical (unpaired) electrons. The first kappa shape index (κ1) is 23.7. The smallest absolute Gasteiger partial charge is 0.252 e. The summed E-state index contributed by atoms with van der Waals surface area (Å²) in [4.78, 5) is 27.5. The molecule has 186 valence electrons. The van der Waals surface area contributed by atoms with Crippen molar-refractivity contribution in [2.45, 2.75) is 51.9 Å². The van der Waals surface area contributed by atoms with Gasteiger partial charge in [0.05, 0.1) is 11.7 Å². The third-order valence-corrected chi connectivity index (χ3v) is 7.46. The van der Waals surface area contributed by atoms with Crippen molar-refractivity contribution in [3.05, 3.63) is 69.8 Å². The maximum absolute atomic E-state index is 13.9. The lowest BCUT2D eigenvalue weighted by molar-refractivity contribution is -0.128. The van der Waals surface area contributed by atoms with Crippen molar-refractivity contribution in [3.8, 4) is 0 Å². The lowest BCUT2D eigenvalue weighted by atomic mass is 9.61. The Balaban J connectivity index is 1.45. The number of aliphatic hydroxyl groups is 3. The Kier molecular flexibility index (Phi) is 5.60. The second-order valence-electron chi connectivity index (χ2n) is 10.5. The van der Waals surface area contributed by atoms with E-state index in [0.717, 1.165) is 23.6 Å². The largest absolute Gasteiger partial charge is 0.505 e. The number of hydrogen-bond acceptors (Lipinski definition) is 6. The Labute approximate surface area is 201 Å². The summed E-state index contributed by atoms with van der Waals surface area (Å²) in [5.74, 6) is -2.98. The molecule has 1 aromatic carbocycles. The fourth-order valence-corrected chi connectivity index (χ4v) is 5.92. The van der Waals surface area contributed by atoms with E-state index >= 15 is 0 Å². The summed E-state index contributed by atoms with van der Waals surface area (Å²) in [6, 6.07) is 2.98. The molecule has 0 saturated heterocycles. The maximum Gasteiger partial charge on any atom is 0.252 e. The van der Waals surface area contributed by atoms with Crippen LogP contribution in [-0.2, 0) is 16.1 Å². The third kappa shape index (κ3) is 3.87. The average Bonchev–Trinajstić information content (AvgIpc) is 3.48. The Morgan fingerprint density at radius 1 is 1.26 bits per heavy atom. The zero-order valence-electron chi connectivity index (χ0n) is 19.5. The van der Waals surface area contributed by atoms with E-state index in [-0.39, 0.29) is 40.5 Å². The monoisotopic (exact) mass is 486 g/mol. The van der Waals surface area contributed by atoms with Crippen molar-refractivity contribution in [2.24, 2.45) is 17.3 Å². The van der Waals surface area contributed by atoms with Crippen LogP contribution in [0.2, 0.25) is 0 Å². The molecule has 1 aromatic rings. The number of carbonyl (C=O) groups is 2. The normalized spacial score (nSPS) is 29.6. The van der Waals surface area contributed by atoms with Gasteiger partial charge in [-0.15, -0.1) is 0 Å². The van der Waals surface area contributed by atoms with Crippen LogP contribution in [0.3, 0.4) is 0 Å². The van der Waals surface area contributed by atoms with Crippen molar-refractivity contribution in [2.75, 3.05) is 6.54 Å². The number of ketones is 1. The molecule has 2 unspecified atom stereocenters. The first-order valence-electron chi connectivity index (χ1n) is 11.8. The molecule has 1 fully saturated rings. The highest BCUT2D eigenvalue weighted by Gasteiger charge is 2.62. The van der Waals surface area contributed by atoms with Gasteiger partial charge < -0.3 is 25.5 Å². The van der Waals surface area contributed by atoms with Crippen LogP contribution in [0.15, 0.2) is 52.6 Å². The van der Waals surface area contributed by atoms with Gasteiger partial charge in [-0.1, -0.05) is 25.5 Å². The Bertz CT molecular complexity index is 1210. The molecule has 0 bridgehead atoms. The molecule has 9 heteroatoms. The number of halogens is 2. The van der Waals surface area contributed by atoms with E-state index in [1.54, 1.807) is 0 Å². The zero-order valence-corrected chi connectivity index (χ0v) is 19.5. The molecule has 1 spiro atoms. The molecule has 1 saturated carbocycles. The second kappa shape index (κ2) is 8.27. The minimum Gasteiger partial charge on any atom is -0.505 e. The molecule has 0 aromatic heterocycles. The van der Waals surface area contributed by atoms with Crippen molar-refractivity contribution in [3.63, 3.8) is 0 Å². The lowest BCUT2D eigenvalue weighted by Crippen LogP contribution is -2.52. The van der Waals surface area contributed by atoms with Crippen LogP contribution in [-0.4, -0.2) is 50.7 Å². The van der Waals surface area contributed by atoms with Crippen molar-refractivity contribution in [1.29, 1.82) is 0 Å². The molecular weight excluding hydrogens is 458 g/mol. The molecule has 5 rings (SSSR count). The predicted octanol–water partition coefficient (Wildman–Crippen LogP) is 2.61. The number of Topliss-reactive ketones (excluding diaryl/α,β-unsaturated/α-hetero) is 1. The summed E-state index contributed by atoms with van der Waals surface area (Å²) in [6.45, 7) is 4.19. The van der Waals surface area contributed by atoms with E-state index < -0.39 is 35.5 Å². The van der Waals surface area contributed by atoms with Crippen LogP contribution in [0.1, 0.15) is 38.7 Å². The minimum atomic E-state index is -1.80. The highest BCUT2D eigenvalue weighted by atomic mass is 19.1. The average molecular weight is 487 g/mol. The first-order chi connectivity index (χ1) is 16.5. The van der Waals surface area contributed by atoms with E-state index in [2.05, 4.69) is 19.2 Å². The molecule has 2 aliphatic heterocycles. The minimum absolute atomic E-state index is 0.0385. The quantitative estimate of drug-likeness (QED) is 0.510. The fourth-order valence-electron chi connectivity index (χ4n) is 5.92. The number of nitrogens with zero attached hydrogens (tertiary/aromatic N) is 1. The van der Waals surface area contributed by atoms with Crippen LogP contribution in [0.25, 0.3) is 0 Å². The molecule has 2 aliphatic carbocycles. The number of aliphatic hydroxyl groups excluding tert-OH is 3. The van der Waals surface area contributed by atoms with E-state index in [4.69, 9.17) is 0 Å². The molecule has 2 heterocycles. The van der Waals surface area contributed by atoms with Crippen LogP contribution in [0.5, 0.6) is 0 Å². The van der Waals surface area contributed by atoms with E-state index in [0.29, 0.717) is 31.4 Å². The van der Waals surface area contributed by atoms with E-state index in [9.17, 15) is 33.7 Å². The Morgan fingerprint density at radius 3 is 2.60 bits per heavy atom. The highest BCUT2D eigenvalue weighted by molar-refractivity contribution is 6.10. The standard InChI is InChI=1S/C26H28F2N2O5/c1-12(2)5-16-19-20(16)26(7-15(31)8-26)11-30-10-17(22(32)24(34)21(30)23(19)33)25(35)29-9-13-3-4-14(27)6-18(13)28/h3-4,6,10,12,15,20,22,31-33H,5,7-9,11H2,1-2H3,(H,29,35). The van der Waals surface area contributed by atoms with Gasteiger partial charge in [0.1, 0.15) is 23.1 Å². The van der Waals surface area contributed by atoms with Crippen LogP contribution < -0.4 is 5.32 Å². The van der Waals surface area contributed by atoms with E-state index in [1.165, 1.54) is 17.2 Å². The Morgan fingerprint density at radius 2 is 1.97 bits per heavy atom. The number of allylic oxidation sites excluding steroid dienone is 2. The van der Waals surface area contributed by atoms with Gasteiger partial charge in [-0.05, 0) is 31.2 Å². The van der Waals surface area contributed by atoms with Crippen LogP contribution in [0, 0.1) is 28.9 Å². The second-order valence-corrected chi connectivity index (χ2v) is 10.5. The van der Waals surface area contributed by atoms with Crippen LogP contribution in [0.4, 0.5) is 8.78 Å². The molecule has 7 nitrogen and oxygen atoms in total. The summed E-state index contributed by atoms with van der Waals surface area (Å²) in [5, 5.41) is 34.4. The summed E-state index contributed by atoms with van der Waals surface area (Å²) in [6.07, 6.45) is 0.882. The van der Waals surface area contributed by atoms with Gasteiger partial charge in [-0.25, -0.2) is 8.78 Å². The SMILES string of the molecule is CC(C)CC1=C2C(O)=C3C(=O)C(O)C(C(=O)NCc4ccc(F)cc4F)=CN3CC3(CC(O)C3)C12. The number of carbonyl (C=O) groups excluding carboxylic acids is 2. The van der Waals surface area contributed by atoms with Gasteiger partial charge in [-0.2, -0.15) is 0 Å². The maximum atomic E-state index is 13.9. The third-order valence-electron chi connectivity index (χ3n) is 7.46. The van der Waals surface area contributed by atoms with Gasteiger partial charge in [0.15, 0.2) is 6.10 Å². The van der Waals surface area contributed by atoms with Gasteiger partial charge in [0, 0.05) is 47.8 Å². The van der Waals surface area contributed by atoms with Crippen molar-refractivity contribution < 1.29 is 33.7 Å². The fraction of sp³-hybridized carbons (Fsp3) is 0.462. The number of nitrogens with one attached hydrogen (secondary N) is 1. The first-order valence-corrected chi connectivity index (χ1v) is 11.8. The summed E-state index contributed by atoms with van der Waals surface area (Å²) >= 11 is 0. The predicted molar refractivity (Wildman–Crippen MR) is 121 cm³/mol. The molecular formula is C26H28F2N2O5.